The van der Waals surface area contributed by atoms with Gasteiger partial charge in [-0.05, 0) is 50.1 Å². The molecule has 6 heteroatoms. The molecule has 0 aliphatic carbocycles. The first-order chi connectivity index (χ1) is 14.0. The van der Waals surface area contributed by atoms with Gasteiger partial charge >= 0.3 is 0 Å². The van der Waals surface area contributed by atoms with Gasteiger partial charge in [0.1, 0.15) is 5.75 Å². The SMILES string of the molecule is CCCCNC(=O)c1cccc(NC(=O)CNc2cccc(OC(C)CC)c2)c1. The highest BCUT2D eigenvalue weighted by molar-refractivity contribution is 5.98. The molecule has 0 spiro atoms. The molecule has 2 aromatic carbocycles. The number of unbranched alkanes of at least 4 members (excludes halogenated alkanes) is 1. The molecule has 0 aliphatic heterocycles. The minimum Gasteiger partial charge on any atom is -0.491 e. The van der Waals surface area contributed by atoms with Gasteiger partial charge in [-0.3, -0.25) is 9.59 Å². The number of rotatable bonds is 11. The Morgan fingerprint density at radius 2 is 1.79 bits per heavy atom. The molecule has 2 rings (SSSR count). The van der Waals surface area contributed by atoms with Crippen LogP contribution < -0.4 is 20.7 Å². The molecule has 0 saturated carbocycles. The first-order valence-corrected chi connectivity index (χ1v) is 10.2. The quantitative estimate of drug-likeness (QED) is 0.490. The first-order valence-electron chi connectivity index (χ1n) is 10.2. The van der Waals surface area contributed by atoms with E-state index in [1.807, 2.05) is 31.2 Å². The summed E-state index contributed by atoms with van der Waals surface area (Å²) in [6.45, 7) is 6.92. The molecule has 0 fully saturated rings. The van der Waals surface area contributed by atoms with E-state index < -0.39 is 0 Å². The number of carbonyl (C=O) groups is 2. The fourth-order valence-electron chi connectivity index (χ4n) is 2.60. The minimum absolute atomic E-state index is 0.111. The summed E-state index contributed by atoms with van der Waals surface area (Å²) in [5.74, 6) is 0.444. The van der Waals surface area contributed by atoms with Crippen LogP contribution in [0.15, 0.2) is 48.5 Å². The van der Waals surface area contributed by atoms with Gasteiger partial charge in [-0.25, -0.2) is 0 Å². The van der Waals surface area contributed by atoms with Gasteiger partial charge in [-0.1, -0.05) is 32.4 Å². The molecule has 0 bridgehead atoms. The molecule has 6 nitrogen and oxygen atoms in total. The van der Waals surface area contributed by atoms with E-state index in [1.54, 1.807) is 24.3 Å². The van der Waals surface area contributed by atoms with Crippen molar-refractivity contribution in [2.75, 3.05) is 23.7 Å². The Morgan fingerprint density at radius 3 is 2.55 bits per heavy atom. The van der Waals surface area contributed by atoms with Crippen molar-refractivity contribution in [2.45, 2.75) is 46.1 Å². The Kier molecular flexibility index (Phi) is 9.02. The van der Waals surface area contributed by atoms with Gasteiger partial charge in [0.05, 0.1) is 12.6 Å². The standard InChI is InChI=1S/C23H31N3O3/c1-4-6-13-24-23(28)18-9-7-11-20(14-18)26-22(27)16-25-19-10-8-12-21(15-19)29-17(3)5-2/h7-12,14-15,17,25H,4-6,13,16H2,1-3H3,(H,24,28)(H,26,27). The van der Waals surface area contributed by atoms with Gasteiger partial charge in [-0.15, -0.1) is 0 Å². The Hall–Kier alpha value is -3.02. The number of carbonyl (C=O) groups excluding carboxylic acids is 2. The zero-order valence-corrected chi connectivity index (χ0v) is 17.5. The predicted octanol–water partition coefficient (Wildman–Crippen LogP) is 4.44. The van der Waals surface area contributed by atoms with Crippen LogP contribution in [0.5, 0.6) is 5.75 Å². The second-order valence-corrected chi connectivity index (χ2v) is 6.96. The Morgan fingerprint density at radius 1 is 1.03 bits per heavy atom. The summed E-state index contributed by atoms with van der Waals surface area (Å²) in [7, 11) is 0. The second-order valence-electron chi connectivity index (χ2n) is 6.96. The zero-order chi connectivity index (χ0) is 21.1. The van der Waals surface area contributed by atoms with Crippen molar-refractivity contribution in [3.8, 4) is 5.75 Å². The summed E-state index contributed by atoms with van der Waals surface area (Å²) >= 11 is 0. The molecule has 156 valence electrons. The van der Waals surface area contributed by atoms with E-state index in [0.29, 0.717) is 17.8 Å². The smallest absolute Gasteiger partial charge is 0.251 e. The van der Waals surface area contributed by atoms with Gasteiger partial charge in [0.25, 0.3) is 5.91 Å². The summed E-state index contributed by atoms with van der Waals surface area (Å²) < 4.78 is 5.80. The topological polar surface area (TPSA) is 79.5 Å². The molecule has 1 atom stereocenters. The van der Waals surface area contributed by atoms with Crippen LogP contribution in [0.4, 0.5) is 11.4 Å². The Bertz CT molecular complexity index is 807. The molecule has 0 aromatic heterocycles. The maximum absolute atomic E-state index is 12.3. The van der Waals surface area contributed by atoms with Crippen molar-refractivity contribution < 1.29 is 14.3 Å². The number of hydrogen-bond acceptors (Lipinski definition) is 4. The van der Waals surface area contributed by atoms with Crippen molar-refractivity contribution >= 4 is 23.2 Å². The van der Waals surface area contributed by atoms with Gasteiger partial charge in [0.15, 0.2) is 0 Å². The summed E-state index contributed by atoms with van der Waals surface area (Å²) in [5, 5.41) is 8.79. The Balaban J connectivity index is 1.87. The molecular weight excluding hydrogens is 366 g/mol. The lowest BCUT2D eigenvalue weighted by atomic mass is 10.2. The first kappa shape index (κ1) is 22.3. The molecule has 29 heavy (non-hydrogen) atoms. The molecule has 2 amide bonds. The van der Waals surface area contributed by atoms with Gasteiger partial charge in [-0.2, -0.15) is 0 Å². The number of anilines is 2. The van der Waals surface area contributed by atoms with Crippen LogP contribution in [0.3, 0.4) is 0 Å². The number of benzene rings is 2. The second kappa shape index (κ2) is 11.7. The normalized spacial score (nSPS) is 11.4. The zero-order valence-electron chi connectivity index (χ0n) is 17.5. The third-order valence-electron chi connectivity index (χ3n) is 4.42. The van der Waals surface area contributed by atoms with Crippen LogP contribution in [0.2, 0.25) is 0 Å². The molecule has 3 N–H and O–H groups in total. The third-order valence-corrected chi connectivity index (χ3v) is 4.42. The fourth-order valence-corrected chi connectivity index (χ4v) is 2.60. The third kappa shape index (κ3) is 7.86. The van der Waals surface area contributed by atoms with Crippen LogP contribution in [0.1, 0.15) is 50.4 Å². The van der Waals surface area contributed by atoms with E-state index in [2.05, 4.69) is 29.8 Å². The summed E-state index contributed by atoms with van der Waals surface area (Å²) in [6.07, 6.45) is 3.03. The van der Waals surface area contributed by atoms with Gasteiger partial charge < -0.3 is 20.7 Å². The van der Waals surface area contributed by atoms with Crippen molar-refractivity contribution in [1.29, 1.82) is 0 Å². The monoisotopic (exact) mass is 397 g/mol. The van der Waals surface area contributed by atoms with Crippen LogP contribution >= 0.6 is 0 Å². The average molecular weight is 398 g/mol. The lowest BCUT2D eigenvalue weighted by Crippen LogP contribution is -2.25. The van der Waals surface area contributed by atoms with Crippen molar-refractivity contribution in [3.63, 3.8) is 0 Å². The number of amides is 2. The van der Waals surface area contributed by atoms with Crippen LogP contribution in [-0.4, -0.2) is 31.0 Å². The number of ether oxygens (including phenoxy) is 1. The van der Waals surface area contributed by atoms with Crippen molar-refractivity contribution in [3.05, 3.63) is 54.1 Å². The highest BCUT2D eigenvalue weighted by atomic mass is 16.5. The number of hydrogen-bond donors (Lipinski definition) is 3. The molecular formula is C23H31N3O3. The molecule has 0 heterocycles. The van der Waals surface area contributed by atoms with E-state index in [0.717, 1.165) is 30.7 Å². The van der Waals surface area contributed by atoms with Gasteiger partial charge in [0, 0.05) is 29.5 Å². The van der Waals surface area contributed by atoms with E-state index >= 15 is 0 Å². The fraction of sp³-hybridized carbons (Fsp3) is 0.391. The van der Waals surface area contributed by atoms with E-state index in [4.69, 9.17) is 4.74 Å². The van der Waals surface area contributed by atoms with E-state index in [-0.39, 0.29) is 24.5 Å². The van der Waals surface area contributed by atoms with E-state index in [9.17, 15) is 9.59 Å². The average Bonchev–Trinajstić information content (AvgIpc) is 2.72. The van der Waals surface area contributed by atoms with Crippen LogP contribution in [0.25, 0.3) is 0 Å². The minimum atomic E-state index is -0.193. The lowest BCUT2D eigenvalue weighted by Gasteiger charge is -2.14. The van der Waals surface area contributed by atoms with E-state index in [1.165, 1.54) is 0 Å². The highest BCUT2D eigenvalue weighted by Crippen LogP contribution is 2.19. The molecule has 0 aliphatic rings. The molecule has 0 saturated heterocycles. The predicted molar refractivity (Wildman–Crippen MR) is 118 cm³/mol. The van der Waals surface area contributed by atoms with Crippen LogP contribution in [-0.2, 0) is 4.79 Å². The molecule has 2 aromatic rings. The number of nitrogens with one attached hydrogen (secondary N) is 3. The summed E-state index contributed by atoms with van der Waals surface area (Å²) in [4.78, 5) is 24.4. The lowest BCUT2D eigenvalue weighted by molar-refractivity contribution is -0.114. The maximum atomic E-state index is 12.3. The largest absolute Gasteiger partial charge is 0.491 e. The summed E-state index contributed by atoms with van der Waals surface area (Å²) in [6, 6.07) is 14.5. The van der Waals surface area contributed by atoms with Gasteiger partial charge in [0.2, 0.25) is 5.91 Å². The van der Waals surface area contributed by atoms with Crippen molar-refractivity contribution in [2.24, 2.45) is 0 Å². The highest BCUT2D eigenvalue weighted by Gasteiger charge is 2.08. The maximum Gasteiger partial charge on any atom is 0.251 e. The van der Waals surface area contributed by atoms with Crippen molar-refractivity contribution in [1.82, 2.24) is 5.32 Å². The summed E-state index contributed by atoms with van der Waals surface area (Å²) in [5.41, 5.74) is 1.93. The van der Waals surface area contributed by atoms with Crippen LogP contribution in [0, 0.1) is 0 Å². The molecule has 0 radical (unpaired) electrons. The Labute approximate surface area is 173 Å². The molecule has 1 unspecified atom stereocenters.